The lowest BCUT2D eigenvalue weighted by Gasteiger charge is -2.04. The third-order valence-electron chi connectivity index (χ3n) is 2.40. The molecule has 0 aliphatic carbocycles. The maximum Gasteiger partial charge on any atom is 0.248 e. The van der Waals surface area contributed by atoms with Gasteiger partial charge in [0.2, 0.25) is 5.56 Å². The van der Waals surface area contributed by atoms with Crippen LogP contribution >= 0.6 is 0 Å². The summed E-state index contributed by atoms with van der Waals surface area (Å²) in [7, 11) is 0. The first kappa shape index (κ1) is 9.52. The molecule has 0 bridgehead atoms. The Morgan fingerprint density at radius 3 is 3.06 bits per heavy atom. The molecule has 7 nitrogen and oxygen atoms in total. The fourth-order valence-electron chi connectivity index (χ4n) is 1.64. The number of aromatic amines is 1. The van der Waals surface area contributed by atoms with Gasteiger partial charge in [0.05, 0.1) is 11.9 Å². The fourth-order valence-corrected chi connectivity index (χ4v) is 1.64. The number of nitrogen functional groups attached to an aromatic ring is 1. The highest BCUT2D eigenvalue weighted by atomic mass is 16.1. The summed E-state index contributed by atoms with van der Waals surface area (Å²) < 4.78 is 1.55. The molecule has 3 rings (SSSR count). The van der Waals surface area contributed by atoms with Crippen LogP contribution in [-0.2, 0) is 0 Å². The number of H-pyrrole nitrogens is 1. The molecule has 7 heteroatoms. The van der Waals surface area contributed by atoms with Crippen molar-refractivity contribution in [1.29, 1.82) is 0 Å². The summed E-state index contributed by atoms with van der Waals surface area (Å²) in [5, 5.41) is 4.06. The molecule has 3 heterocycles. The van der Waals surface area contributed by atoms with Crippen LogP contribution in [0.5, 0.6) is 0 Å². The number of nitrogens with zero attached hydrogens (tertiary/aromatic N) is 4. The molecule has 0 fully saturated rings. The summed E-state index contributed by atoms with van der Waals surface area (Å²) in [6, 6.07) is 3.23. The smallest absolute Gasteiger partial charge is 0.248 e. The highest BCUT2D eigenvalue weighted by Crippen LogP contribution is 2.18. The van der Waals surface area contributed by atoms with Crippen LogP contribution in [0.25, 0.3) is 16.9 Å². The maximum atomic E-state index is 11.3. The van der Waals surface area contributed by atoms with Gasteiger partial charge in [0.15, 0.2) is 11.5 Å². The van der Waals surface area contributed by atoms with Crippen molar-refractivity contribution < 1.29 is 0 Å². The lowest BCUT2D eigenvalue weighted by Crippen LogP contribution is -2.05. The minimum absolute atomic E-state index is 0.187. The van der Waals surface area contributed by atoms with Crippen molar-refractivity contribution in [3.05, 3.63) is 41.2 Å². The zero-order valence-electron chi connectivity index (χ0n) is 8.66. The van der Waals surface area contributed by atoms with Crippen LogP contribution in [0.4, 0.5) is 5.82 Å². The second kappa shape index (κ2) is 3.41. The highest BCUT2D eigenvalue weighted by Gasteiger charge is 2.09. The van der Waals surface area contributed by atoms with E-state index in [0.717, 1.165) is 0 Å². The monoisotopic (exact) mass is 228 g/mol. The van der Waals surface area contributed by atoms with Crippen LogP contribution in [0.15, 0.2) is 35.6 Å². The molecule has 0 radical (unpaired) electrons. The number of rotatable bonds is 1. The fraction of sp³-hybridized carbons (Fsp3) is 0. The van der Waals surface area contributed by atoms with Crippen molar-refractivity contribution in [3.63, 3.8) is 0 Å². The van der Waals surface area contributed by atoms with Crippen molar-refractivity contribution in [1.82, 2.24) is 24.6 Å². The molecule has 0 aliphatic rings. The molecule has 0 spiro atoms. The van der Waals surface area contributed by atoms with Gasteiger partial charge >= 0.3 is 0 Å². The van der Waals surface area contributed by atoms with E-state index in [1.54, 1.807) is 23.0 Å². The van der Waals surface area contributed by atoms with Gasteiger partial charge in [0.1, 0.15) is 6.33 Å². The molecule has 3 aromatic rings. The molecule has 17 heavy (non-hydrogen) atoms. The van der Waals surface area contributed by atoms with Gasteiger partial charge in [-0.3, -0.25) is 4.79 Å². The van der Waals surface area contributed by atoms with E-state index in [1.165, 1.54) is 12.4 Å². The van der Waals surface area contributed by atoms with E-state index in [1.807, 2.05) is 0 Å². The Balaban J connectivity index is 2.35. The lowest BCUT2D eigenvalue weighted by molar-refractivity contribution is 0.956. The molecular formula is C10H8N6O. The Morgan fingerprint density at radius 1 is 1.35 bits per heavy atom. The zero-order chi connectivity index (χ0) is 11.8. The second-order valence-electron chi connectivity index (χ2n) is 3.47. The first-order valence-electron chi connectivity index (χ1n) is 4.89. The van der Waals surface area contributed by atoms with Gasteiger partial charge in [-0.05, 0) is 6.07 Å². The largest absolute Gasteiger partial charge is 0.381 e. The summed E-state index contributed by atoms with van der Waals surface area (Å²) in [5.41, 5.74) is 7.33. The van der Waals surface area contributed by atoms with Crippen molar-refractivity contribution in [2.75, 3.05) is 5.73 Å². The van der Waals surface area contributed by atoms with Crippen LogP contribution in [0.3, 0.4) is 0 Å². The van der Waals surface area contributed by atoms with Crippen LogP contribution in [0.2, 0.25) is 0 Å². The number of aromatic nitrogens is 5. The SMILES string of the molecule is Nc1ncc(-c2cc[nH]c(=O)c2)n2ncnc12. The molecule has 3 N–H and O–H groups in total. The Hall–Kier alpha value is -2.70. The van der Waals surface area contributed by atoms with E-state index in [4.69, 9.17) is 5.73 Å². The normalized spacial score (nSPS) is 10.8. The van der Waals surface area contributed by atoms with Crippen LogP contribution in [0.1, 0.15) is 0 Å². The molecule has 84 valence electrons. The molecule has 0 saturated carbocycles. The number of hydrogen-bond acceptors (Lipinski definition) is 5. The predicted molar refractivity (Wildman–Crippen MR) is 61.3 cm³/mol. The van der Waals surface area contributed by atoms with Gasteiger partial charge in [-0.2, -0.15) is 5.10 Å². The first-order chi connectivity index (χ1) is 8.25. The molecule has 0 unspecified atom stereocenters. The van der Waals surface area contributed by atoms with Crippen molar-refractivity contribution in [2.24, 2.45) is 0 Å². The highest BCUT2D eigenvalue weighted by molar-refractivity contribution is 5.67. The maximum absolute atomic E-state index is 11.3. The molecule has 0 aromatic carbocycles. The molecule has 3 aromatic heterocycles. The van der Waals surface area contributed by atoms with Gasteiger partial charge in [-0.15, -0.1) is 0 Å². The van der Waals surface area contributed by atoms with E-state index in [-0.39, 0.29) is 5.56 Å². The van der Waals surface area contributed by atoms with Crippen molar-refractivity contribution >= 4 is 11.5 Å². The van der Waals surface area contributed by atoms with Gasteiger partial charge in [0.25, 0.3) is 0 Å². The Labute approximate surface area is 95.0 Å². The summed E-state index contributed by atoms with van der Waals surface area (Å²) in [6.07, 6.45) is 4.52. The summed E-state index contributed by atoms with van der Waals surface area (Å²) >= 11 is 0. The van der Waals surface area contributed by atoms with E-state index < -0.39 is 0 Å². The molecule has 0 aliphatic heterocycles. The predicted octanol–water partition coefficient (Wildman–Crippen LogP) is 0.0618. The van der Waals surface area contributed by atoms with Gasteiger partial charge in [0, 0.05) is 17.8 Å². The Morgan fingerprint density at radius 2 is 2.24 bits per heavy atom. The van der Waals surface area contributed by atoms with Crippen LogP contribution in [0, 0.1) is 0 Å². The Kier molecular flexibility index (Phi) is 1.91. The minimum atomic E-state index is -0.187. The van der Waals surface area contributed by atoms with Crippen LogP contribution < -0.4 is 11.3 Å². The van der Waals surface area contributed by atoms with Gasteiger partial charge in [-0.25, -0.2) is 14.5 Å². The average molecular weight is 228 g/mol. The third-order valence-corrected chi connectivity index (χ3v) is 2.40. The van der Waals surface area contributed by atoms with Gasteiger partial charge in [-0.1, -0.05) is 0 Å². The summed E-state index contributed by atoms with van der Waals surface area (Å²) in [6.45, 7) is 0. The van der Waals surface area contributed by atoms with Crippen LogP contribution in [-0.4, -0.2) is 24.6 Å². The summed E-state index contributed by atoms with van der Waals surface area (Å²) in [4.78, 5) is 21.8. The van der Waals surface area contributed by atoms with Crippen molar-refractivity contribution in [2.45, 2.75) is 0 Å². The Bertz CT molecular complexity index is 744. The standard InChI is InChI=1S/C10H8N6O/c11-9-10-14-5-15-16(10)7(4-13-9)6-1-2-12-8(17)3-6/h1-5H,(H2,11,13)(H,12,17). The average Bonchev–Trinajstić information content (AvgIpc) is 2.79. The number of nitrogens with two attached hydrogens (primary N) is 1. The number of anilines is 1. The van der Waals surface area contributed by atoms with E-state index in [2.05, 4.69) is 20.1 Å². The lowest BCUT2D eigenvalue weighted by atomic mass is 10.2. The number of hydrogen-bond donors (Lipinski definition) is 2. The zero-order valence-corrected chi connectivity index (χ0v) is 8.66. The topological polar surface area (TPSA) is 102 Å². The first-order valence-corrected chi connectivity index (χ1v) is 4.89. The summed E-state index contributed by atoms with van der Waals surface area (Å²) in [5.74, 6) is 0.302. The van der Waals surface area contributed by atoms with E-state index >= 15 is 0 Å². The molecular weight excluding hydrogens is 220 g/mol. The van der Waals surface area contributed by atoms with E-state index in [9.17, 15) is 4.79 Å². The second-order valence-corrected chi connectivity index (χ2v) is 3.47. The number of nitrogens with one attached hydrogen (secondary N) is 1. The minimum Gasteiger partial charge on any atom is -0.381 e. The quantitative estimate of drug-likeness (QED) is 0.613. The number of pyridine rings is 1. The third kappa shape index (κ3) is 1.44. The molecule has 0 amide bonds. The number of fused-ring (bicyclic) bond motifs is 1. The van der Waals surface area contributed by atoms with Gasteiger partial charge < -0.3 is 10.7 Å². The van der Waals surface area contributed by atoms with Crippen molar-refractivity contribution in [3.8, 4) is 11.3 Å². The molecule has 0 atom stereocenters. The molecule has 0 saturated heterocycles. The van der Waals surface area contributed by atoms with E-state index in [0.29, 0.717) is 22.7 Å².